The molecule has 1 aromatic heterocycles. The van der Waals surface area contributed by atoms with Crippen molar-refractivity contribution in [1.29, 1.82) is 5.26 Å². The maximum absolute atomic E-state index is 14.5. The van der Waals surface area contributed by atoms with Crippen molar-refractivity contribution in [3.63, 3.8) is 0 Å². The predicted molar refractivity (Wildman–Crippen MR) is 165 cm³/mol. The van der Waals surface area contributed by atoms with Crippen molar-refractivity contribution in [1.82, 2.24) is 19.7 Å². The molecule has 6 rings (SSSR count). The molecule has 9 heteroatoms. The highest BCUT2D eigenvalue weighted by Crippen LogP contribution is 2.46. The number of para-hydroxylation sites is 2. The molecule has 1 saturated heterocycles. The van der Waals surface area contributed by atoms with E-state index in [0.29, 0.717) is 25.9 Å². The van der Waals surface area contributed by atoms with Crippen LogP contribution in [0.25, 0.3) is 10.9 Å². The standard InChI is InChI=1S/C34H40N6O3/c1-6-39-19-27-23(22-11-7-9-13-25(22)36-27)15-28(39)30(41)38(5)29(17-33(2,3)4)31(42)40-20-34(16-21(40)18-35)24-12-8-10-14-26(24)37-32(34)43/h7-14,21,28-29,36H,6,15-17,19-20H2,1-5H3,(H,37,43)/t21-,28-,29-,34-/m0/s1. The fraction of sp³-hybridized carbons (Fsp3) is 0.471. The Morgan fingerprint density at radius 2 is 1.88 bits per heavy atom. The number of nitrogens with zero attached hydrogens (tertiary/aromatic N) is 4. The van der Waals surface area contributed by atoms with Gasteiger partial charge in [0.15, 0.2) is 0 Å². The average molecular weight is 581 g/mol. The Hall–Kier alpha value is -4.16. The third-order valence-corrected chi connectivity index (χ3v) is 9.61. The van der Waals surface area contributed by atoms with E-state index in [2.05, 4.69) is 61.1 Å². The van der Waals surface area contributed by atoms with Crippen LogP contribution in [0.1, 0.15) is 57.4 Å². The summed E-state index contributed by atoms with van der Waals surface area (Å²) in [6.45, 7) is 9.64. The van der Waals surface area contributed by atoms with Gasteiger partial charge in [-0.2, -0.15) is 5.26 Å². The number of rotatable bonds is 5. The smallest absolute Gasteiger partial charge is 0.246 e. The Kier molecular flexibility index (Phi) is 7.09. The molecule has 9 nitrogen and oxygen atoms in total. The van der Waals surface area contributed by atoms with Crippen LogP contribution < -0.4 is 5.32 Å². The summed E-state index contributed by atoms with van der Waals surface area (Å²) < 4.78 is 0. The van der Waals surface area contributed by atoms with Gasteiger partial charge in [0, 0.05) is 48.8 Å². The Morgan fingerprint density at radius 1 is 1.16 bits per heavy atom. The van der Waals surface area contributed by atoms with Gasteiger partial charge >= 0.3 is 0 Å². The monoisotopic (exact) mass is 580 g/mol. The van der Waals surface area contributed by atoms with Crippen molar-refractivity contribution < 1.29 is 14.4 Å². The van der Waals surface area contributed by atoms with Crippen LogP contribution in [0.15, 0.2) is 48.5 Å². The van der Waals surface area contributed by atoms with Gasteiger partial charge in [0.2, 0.25) is 17.7 Å². The predicted octanol–water partition coefficient (Wildman–Crippen LogP) is 4.19. The number of likely N-dealkylation sites (tertiary alicyclic amines) is 1. The van der Waals surface area contributed by atoms with Gasteiger partial charge < -0.3 is 20.1 Å². The van der Waals surface area contributed by atoms with E-state index in [1.54, 1.807) is 16.8 Å². The van der Waals surface area contributed by atoms with E-state index in [1.807, 2.05) is 36.4 Å². The van der Waals surface area contributed by atoms with E-state index < -0.39 is 23.5 Å². The van der Waals surface area contributed by atoms with Crippen molar-refractivity contribution >= 4 is 34.3 Å². The molecule has 1 spiro atoms. The number of nitriles is 1. The summed E-state index contributed by atoms with van der Waals surface area (Å²) in [5.41, 5.74) is 3.65. The van der Waals surface area contributed by atoms with Gasteiger partial charge in [-0.05, 0) is 48.1 Å². The number of amides is 3. The molecule has 0 unspecified atom stereocenters. The fourth-order valence-corrected chi connectivity index (χ4v) is 7.37. The maximum Gasteiger partial charge on any atom is 0.246 e. The van der Waals surface area contributed by atoms with Crippen LogP contribution in [0.5, 0.6) is 0 Å². The van der Waals surface area contributed by atoms with Crippen molar-refractivity contribution in [2.75, 3.05) is 25.5 Å². The van der Waals surface area contributed by atoms with Crippen molar-refractivity contribution in [3.05, 3.63) is 65.4 Å². The average Bonchev–Trinajstić information content (AvgIpc) is 3.65. The summed E-state index contributed by atoms with van der Waals surface area (Å²) in [5, 5.41) is 14.3. The summed E-state index contributed by atoms with van der Waals surface area (Å²) in [5.74, 6) is -0.568. The number of aromatic amines is 1. The summed E-state index contributed by atoms with van der Waals surface area (Å²) in [4.78, 5) is 51.1. The first-order valence-electron chi connectivity index (χ1n) is 15.2. The summed E-state index contributed by atoms with van der Waals surface area (Å²) in [6, 6.07) is 16.0. The van der Waals surface area contributed by atoms with E-state index in [9.17, 15) is 19.6 Å². The lowest BCUT2D eigenvalue weighted by molar-refractivity contribution is -0.149. The van der Waals surface area contributed by atoms with Crippen LogP contribution in [0.3, 0.4) is 0 Å². The second kappa shape index (κ2) is 10.5. The summed E-state index contributed by atoms with van der Waals surface area (Å²) in [6.07, 6.45) is 1.21. The number of carbonyl (C=O) groups excluding carboxylic acids is 3. The largest absolute Gasteiger partial charge is 0.357 e. The first-order valence-corrected chi connectivity index (χ1v) is 15.2. The molecular weight excluding hydrogens is 540 g/mol. The van der Waals surface area contributed by atoms with Gasteiger partial charge in [-0.15, -0.1) is 0 Å². The molecule has 3 aromatic rings. The first-order chi connectivity index (χ1) is 20.5. The van der Waals surface area contributed by atoms with Gasteiger partial charge in [0.05, 0.1) is 17.5 Å². The van der Waals surface area contributed by atoms with Gasteiger partial charge in [0.1, 0.15) is 12.1 Å². The third kappa shape index (κ3) is 4.78. The lowest BCUT2D eigenvalue weighted by atomic mass is 9.80. The molecule has 224 valence electrons. The van der Waals surface area contributed by atoms with Crippen LogP contribution in [-0.2, 0) is 32.8 Å². The van der Waals surface area contributed by atoms with Gasteiger partial charge in [-0.3, -0.25) is 19.3 Å². The molecule has 43 heavy (non-hydrogen) atoms. The van der Waals surface area contributed by atoms with E-state index in [4.69, 9.17) is 0 Å². The Morgan fingerprint density at radius 3 is 2.60 bits per heavy atom. The summed E-state index contributed by atoms with van der Waals surface area (Å²) >= 11 is 0. The number of fused-ring (bicyclic) bond motifs is 5. The number of nitrogens with one attached hydrogen (secondary N) is 2. The van der Waals surface area contributed by atoms with Crippen LogP contribution in [0.2, 0.25) is 0 Å². The Balaban J connectivity index is 1.31. The molecule has 0 aliphatic carbocycles. The van der Waals surface area contributed by atoms with E-state index in [0.717, 1.165) is 33.4 Å². The molecule has 1 fully saturated rings. The van der Waals surface area contributed by atoms with Gasteiger partial charge in [-0.1, -0.05) is 64.1 Å². The Labute approximate surface area is 252 Å². The molecule has 4 atom stereocenters. The van der Waals surface area contributed by atoms with Gasteiger partial charge in [0.25, 0.3) is 0 Å². The molecule has 2 N–H and O–H groups in total. The lowest BCUT2D eigenvalue weighted by Gasteiger charge is -2.40. The third-order valence-electron chi connectivity index (χ3n) is 9.61. The molecule has 0 saturated carbocycles. The number of aromatic nitrogens is 1. The van der Waals surface area contributed by atoms with Crippen LogP contribution >= 0.6 is 0 Å². The molecule has 2 aromatic carbocycles. The molecule has 3 aliphatic heterocycles. The summed E-state index contributed by atoms with van der Waals surface area (Å²) in [7, 11) is 1.72. The van der Waals surface area contributed by atoms with Crippen LogP contribution in [-0.4, -0.2) is 75.7 Å². The topological polar surface area (TPSA) is 113 Å². The van der Waals surface area contributed by atoms with Crippen LogP contribution in [0, 0.1) is 16.7 Å². The fourth-order valence-electron chi connectivity index (χ4n) is 7.37. The molecule has 0 radical (unpaired) electrons. The lowest BCUT2D eigenvalue weighted by Crippen LogP contribution is -2.57. The van der Waals surface area contributed by atoms with Crippen molar-refractivity contribution in [2.45, 2.75) is 77.0 Å². The van der Waals surface area contributed by atoms with E-state index >= 15 is 0 Å². The Bertz CT molecular complexity index is 1650. The van der Waals surface area contributed by atoms with E-state index in [1.165, 1.54) is 0 Å². The quantitative estimate of drug-likeness (QED) is 0.470. The SMILES string of the molecule is CCN1Cc2[nH]c3ccccc3c2C[C@H]1C(=O)N(C)[C@@H](CC(C)(C)C)C(=O)N1C[C@]2(C[C@H]1C#N)C(=O)Nc1ccccc12. The number of anilines is 1. The number of carbonyl (C=O) groups is 3. The number of benzene rings is 2. The zero-order valence-corrected chi connectivity index (χ0v) is 25.6. The first kappa shape index (κ1) is 28.9. The highest BCUT2D eigenvalue weighted by Gasteiger charge is 2.57. The minimum Gasteiger partial charge on any atom is -0.357 e. The number of hydrogen-bond acceptors (Lipinski definition) is 5. The van der Waals surface area contributed by atoms with Crippen molar-refractivity contribution in [3.8, 4) is 6.07 Å². The van der Waals surface area contributed by atoms with Crippen LogP contribution in [0.4, 0.5) is 5.69 Å². The highest BCUT2D eigenvalue weighted by molar-refractivity contribution is 6.07. The minimum absolute atomic E-state index is 0.105. The zero-order valence-electron chi connectivity index (χ0n) is 25.6. The molecule has 3 aliphatic rings. The zero-order chi connectivity index (χ0) is 30.7. The minimum atomic E-state index is -0.977. The molecule has 0 bridgehead atoms. The molecule has 3 amide bonds. The number of H-pyrrole nitrogens is 1. The number of likely N-dealkylation sites (N-methyl/N-ethyl adjacent to an activating group) is 2. The second-order valence-corrected chi connectivity index (χ2v) is 13.5. The maximum atomic E-state index is 14.5. The second-order valence-electron chi connectivity index (χ2n) is 13.5. The van der Waals surface area contributed by atoms with E-state index in [-0.39, 0.29) is 36.1 Å². The van der Waals surface area contributed by atoms with Crippen molar-refractivity contribution in [2.24, 2.45) is 5.41 Å². The molecular formula is C34H40N6O3. The number of hydrogen-bond donors (Lipinski definition) is 2. The highest BCUT2D eigenvalue weighted by atomic mass is 16.2. The van der Waals surface area contributed by atoms with Gasteiger partial charge in [-0.25, -0.2) is 0 Å². The molecule has 4 heterocycles. The normalized spacial score (nSPS) is 24.0.